The Morgan fingerprint density at radius 3 is 2.91 bits per heavy atom. The summed E-state index contributed by atoms with van der Waals surface area (Å²) in [4.78, 5) is 22.8. The maximum absolute atomic E-state index is 12.3. The zero-order valence-electron chi connectivity index (χ0n) is 13.5. The highest BCUT2D eigenvalue weighted by molar-refractivity contribution is 5.84. The van der Waals surface area contributed by atoms with Gasteiger partial charge in [0, 0.05) is 41.7 Å². The first-order valence-electron chi connectivity index (χ1n) is 7.96. The van der Waals surface area contributed by atoms with Crippen molar-refractivity contribution in [1.29, 1.82) is 0 Å². The van der Waals surface area contributed by atoms with E-state index in [9.17, 15) is 4.79 Å². The Balaban J connectivity index is 1.54. The van der Waals surface area contributed by atoms with Crippen LogP contribution in [0.3, 0.4) is 0 Å². The summed E-state index contributed by atoms with van der Waals surface area (Å²) in [6.45, 7) is 4.57. The lowest BCUT2D eigenvalue weighted by Gasteiger charge is -2.11. The van der Waals surface area contributed by atoms with E-state index in [1.54, 1.807) is 6.33 Å². The van der Waals surface area contributed by atoms with Crippen molar-refractivity contribution in [3.8, 4) is 0 Å². The van der Waals surface area contributed by atoms with Crippen LogP contribution in [0.15, 0.2) is 36.8 Å². The Morgan fingerprint density at radius 1 is 1.30 bits per heavy atom. The number of benzene rings is 1. The minimum atomic E-state index is -0.0607. The molecular weight excluding hydrogens is 288 g/mol. The van der Waals surface area contributed by atoms with E-state index in [-0.39, 0.29) is 11.8 Å². The molecule has 0 fully saturated rings. The van der Waals surface area contributed by atoms with Crippen molar-refractivity contribution >= 4 is 16.8 Å². The molecule has 5 nitrogen and oxygen atoms in total. The highest BCUT2D eigenvalue weighted by atomic mass is 16.1. The van der Waals surface area contributed by atoms with Crippen LogP contribution in [0.1, 0.15) is 23.9 Å². The third-order valence-electron chi connectivity index (χ3n) is 4.24. The highest BCUT2D eigenvalue weighted by Gasteiger charge is 2.15. The lowest BCUT2D eigenvalue weighted by atomic mass is 10.00. The summed E-state index contributed by atoms with van der Waals surface area (Å²) in [5, 5.41) is 4.20. The molecule has 1 atom stereocenters. The average molecular weight is 310 g/mol. The first-order valence-corrected chi connectivity index (χ1v) is 7.96. The van der Waals surface area contributed by atoms with Crippen LogP contribution < -0.4 is 5.32 Å². The van der Waals surface area contributed by atoms with Gasteiger partial charge in [-0.3, -0.25) is 4.79 Å². The van der Waals surface area contributed by atoms with Crippen LogP contribution in [-0.2, 0) is 17.6 Å². The van der Waals surface area contributed by atoms with E-state index in [0.29, 0.717) is 6.54 Å². The number of fused-ring (bicyclic) bond motifs is 1. The van der Waals surface area contributed by atoms with Crippen LogP contribution in [0.2, 0.25) is 0 Å². The second-order valence-electron chi connectivity index (χ2n) is 5.98. The number of aromatic amines is 2. The van der Waals surface area contributed by atoms with Gasteiger partial charge < -0.3 is 15.3 Å². The lowest BCUT2D eigenvalue weighted by molar-refractivity contribution is -0.124. The van der Waals surface area contributed by atoms with Gasteiger partial charge >= 0.3 is 0 Å². The predicted molar refractivity (Wildman–Crippen MR) is 91.2 cm³/mol. The number of aromatic nitrogens is 3. The molecule has 2 aromatic heterocycles. The zero-order valence-corrected chi connectivity index (χ0v) is 13.5. The number of nitrogens with one attached hydrogen (secondary N) is 3. The van der Waals surface area contributed by atoms with Crippen molar-refractivity contribution in [3.63, 3.8) is 0 Å². The number of carbonyl (C=O) groups excluding carboxylic acids is 1. The molecule has 120 valence electrons. The second kappa shape index (κ2) is 6.69. The number of H-pyrrole nitrogens is 2. The number of para-hydroxylation sites is 1. The van der Waals surface area contributed by atoms with Crippen LogP contribution in [0, 0.1) is 12.8 Å². The zero-order chi connectivity index (χ0) is 16.2. The molecule has 0 aliphatic rings. The normalized spacial score (nSPS) is 12.4. The number of carbonyl (C=O) groups is 1. The van der Waals surface area contributed by atoms with E-state index in [1.807, 2.05) is 32.2 Å². The van der Waals surface area contributed by atoms with Crippen LogP contribution >= 0.6 is 0 Å². The monoisotopic (exact) mass is 310 g/mol. The van der Waals surface area contributed by atoms with E-state index in [2.05, 4.69) is 32.4 Å². The summed E-state index contributed by atoms with van der Waals surface area (Å²) < 4.78 is 0. The molecule has 1 unspecified atom stereocenters. The van der Waals surface area contributed by atoms with Gasteiger partial charge in [-0.15, -0.1) is 0 Å². The Hall–Kier alpha value is -2.56. The molecule has 0 aliphatic carbocycles. The predicted octanol–water partition coefficient (Wildman–Crippen LogP) is 2.74. The number of hydrogen-bond donors (Lipinski definition) is 3. The lowest BCUT2D eigenvalue weighted by Crippen LogP contribution is -2.32. The smallest absolute Gasteiger partial charge is 0.223 e. The first-order chi connectivity index (χ1) is 11.1. The van der Waals surface area contributed by atoms with Crippen molar-refractivity contribution < 1.29 is 4.79 Å². The average Bonchev–Trinajstić information content (AvgIpc) is 3.14. The molecule has 3 rings (SSSR count). The van der Waals surface area contributed by atoms with Crippen molar-refractivity contribution in [2.75, 3.05) is 6.54 Å². The van der Waals surface area contributed by atoms with Crippen molar-refractivity contribution in [2.45, 2.75) is 26.7 Å². The van der Waals surface area contributed by atoms with E-state index < -0.39 is 0 Å². The van der Waals surface area contributed by atoms with Gasteiger partial charge in [-0.1, -0.05) is 25.1 Å². The fourth-order valence-corrected chi connectivity index (χ4v) is 2.84. The molecule has 1 aromatic carbocycles. The molecule has 0 radical (unpaired) electrons. The summed E-state index contributed by atoms with van der Waals surface area (Å²) in [5.74, 6) is 0.0259. The largest absolute Gasteiger partial charge is 0.361 e. The molecule has 0 saturated carbocycles. The van der Waals surface area contributed by atoms with Crippen LogP contribution in [-0.4, -0.2) is 27.4 Å². The van der Waals surface area contributed by atoms with Gasteiger partial charge in [-0.2, -0.15) is 0 Å². The second-order valence-corrected chi connectivity index (χ2v) is 5.98. The third-order valence-corrected chi connectivity index (χ3v) is 4.24. The quantitative estimate of drug-likeness (QED) is 0.655. The number of imidazole rings is 1. The van der Waals surface area contributed by atoms with Crippen LogP contribution in [0.4, 0.5) is 0 Å². The minimum absolute atomic E-state index is 0.0607. The minimum Gasteiger partial charge on any atom is -0.361 e. The fraction of sp³-hybridized carbons (Fsp3) is 0.333. The fourth-order valence-electron chi connectivity index (χ4n) is 2.84. The van der Waals surface area contributed by atoms with Gasteiger partial charge in [-0.25, -0.2) is 4.98 Å². The molecule has 0 spiro atoms. The van der Waals surface area contributed by atoms with Gasteiger partial charge in [-0.05, 0) is 25.0 Å². The van der Waals surface area contributed by atoms with Gasteiger partial charge in [0.05, 0.1) is 12.0 Å². The molecule has 0 saturated heterocycles. The molecule has 2 heterocycles. The molecule has 1 amide bonds. The summed E-state index contributed by atoms with van der Waals surface area (Å²) in [7, 11) is 0. The Bertz CT molecular complexity index is 802. The number of aryl methyl sites for hydroxylation is 1. The first kappa shape index (κ1) is 15.3. The Kier molecular flexibility index (Phi) is 4.46. The maximum Gasteiger partial charge on any atom is 0.223 e. The van der Waals surface area contributed by atoms with E-state index >= 15 is 0 Å². The number of hydrogen-bond acceptors (Lipinski definition) is 2. The number of amides is 1. The molecular formula is C18H22N4O. The molecule has 0 bridgehead atoms. The number of rotatable bonds is 6. The molecule has 3 N–H and O–H groups in total. The summed E-state index contributed by atoms with van der Waals surface area (Å²) >= 11 is 0. The maximum atomic E-state index is 12.3. The van der Waals surface area contributed by atoms with E-state index in [4.69, 9.17) is 0 Å². The molecule has 0 aliphatic heterocycles. The van der Waals surface area contributed by atoms with E-state index in [0.717, 1.165) is 29.7 Å². The summed E-state index contributed by atoms with van der Waals surface area (Å²) in [6.07, 6.45) is 5.17. The Labute approximate surface area is 135 Å². The molecule has 23 heavy (non-hydrogen) atoms. The topological polar surface area (TPSA) is 73.6 Å². The summed E-state index contributed by atoms with van der Waals surface area (Å²) in [6, 6.07) is 8.17. The van der Waals surface area contributed by atoms with E-state index in [1.165, 1.54) is 10.9 Å². The van der Waals surface area contributed by atoms with Gasteiger partial charge in [0.15, 0.2) is 0 Å². The molecule has 3 aromatic rings. The molecule has 5 heteroatoms. The SMILES string of the molecule is Cc1[nH]cnc1CCNC(=O)C(C)Cc1c[nH]c2ccccc12. The Morgan fingerprint density at radius 2 is 2.13 bits per heavy atom. The van der Waals surface area contributed by atoms with Crippen molar-refractivity contribution in [1.82, 2.24) is 20.3 Å². The highest BCUT2D eigenvalue weighted by Crippen LogP contribution is 2.20. The van der Waals surface area contributed by atoms with Crippen LogP contribution in [0.25, 0.3) is 10.9 Å². The number of nitrogens with zero attached hydrogens (tertiary/aromatic N) is 1. The van der Waals surface area contributed by atoms with Crippen molar-refractivity contribution in [2.24, 2.45) is 5.92 Å². The third kappa shape index (κ3) is 3.44. The van der Waals surface area contributed by atoms with Gasteiger partial charge in [0.2, 0.25) is 5.91 Å². The van der Waals surface area contributed by atoms with Crippen molar-refractivity contribution in [3.05, 3.63) is 53.7 Å². The summed E-state index contributed by atoms with van der Waals surface area (Å²) in [5.41, 5.74) is 4.37. The van der Waals surface area contributed by atoms with Gasteiger partial charge in [0.25, 0.3) is 0 Å². The van der Waals surface area contributed by atoms with Gasteiger partial charge in [0.1, 0.15) is 0 Å². The standard InChI is InChI=1S/C18H22N4O/c1-12(9-14-10-20-17-6-4-3-5-15(14)17)18(23)19-8-7-16-13(2)21-11-22-16/h3-6,10-12,20H,7-9H2,1-2H3,(H,19,23)(H,21,22). The van der Waals surface area contributed by atoms with Crippen LogP contribution in [0.5, 0.6) is 0 Å².